The first-order valence-electron chi connectivity index (χ1n) is 15.9. The average Bonchev–Trinajstić information content (AvgIpc) is 3.21. The van der Waals surface area contributed by atoms with Crippen LogP contribution in [0.2, 0.25) is 0 Å². The van der Waals surface area contributed by atoms with Gasteiger partial charge < -0.3 is 19.3 Å². The molecule has 4 aliphatic rings. The van der Waals surface area contributed by atoms with E-state index in [4.69, 9.17) is 14.2 Å². The zero-order valence-electron chi connectivity index (χ0n) is 26.0. The number of carbonyl (C=O) groups is 3. The van der Waals surface area contributed by atoms with E-state index in [9.17, 15) is 19.5 Å². The number of fused-ring (bicyclic) bond motifs is 5. The second-order valence-electron chi connectivity index (χ2n) is 14.6. The summed E-state index contributed by atoms with van der Waals surface area (Å²) >= 11 is 0. The molecule has 4 aliphatic carbocycles. The van der Waals surface area contributed by atoms with Crippen LogP contribution in [0.3, 0.4) is 0 Å². The van der Waals surface area contributed by atoms with Gasteiger partial charge in [0, 0.05) is 32.6 Å². The van der Waals surface area contributed by atoms with Crippen LogP contribution in [-0.4, -0.2) is 47.4 Å². The third-order valence-electron chi connectivity index (χ3n) is 12.1. The van der Waals surface area contributed by atoms with E-state index in [-0.39, 0.29) is 34.8 Å². The van der Waals surface area contributed by atoms with Crippen LogP contribution in [-0.2, 0) is 28.6 Å². The molecule has 7 nitrogen and oxygen atoms in total. The van der Waals surface area contributed by atoms with Gasteiger partial charge in [0.1, 0.15) is 17.8 Å². The minimum atomic E-state index is -1.19. The molecule has 0 bridgehead atoms. The summed E-state index contributed by atoms with van der Waals surface area (Å²) in [5, 5.41) is 12.3. The van der Waals surface area contributed by atoms with Crippen LogP contribution in [0.1, 0.15) is 119 Å². The zero-order valence-corrected chi connectivity index (χ0v) is 26.0. The lowest BCUT2D eigenvalue weighted by Crippen LogP contribution is -2.69. The Morgan fingerprint density at radius 1 is 0.875 bits per heavy atom. The number of hydrogen-bond acceptors (Lipinski definition) is 7. The highest BCUT2D eigenvalue weighted by atomic mass is 16.6. The molecule has 0 aromatic heterocycles. The predicted octanol–water partition coefficient (Wildman–Crippen LogP) is 6.24. The molecule has 40 heavy (non-hydrogen) atoms. The maximum Gasteiger partial charge on any atom is 0.303 e. The number of hydrogen-bond donors (Lipinski definition) is 1. The van der Waals surface area contributed by atoms with Crippen molar-refractivity contribution >= 4 is 17.9 Å². The first-order chi connectivity index (χ1) is 18.7. The maximum atomic E-state index is 12.3. The smallest absolute Gasteiger partial charge is 0.303 e. The normalized spacial score (nSPS) is 42.0. The van der Waals surface area contributed by atoms with Crippen molar-refractivity contribution in [3.8, 4) is 0 Å². The summed E-state index contributed by atoms with van der Waals surface area (Å²) in [6, 6.07) is 0. The topological polar surface area (TPSA) is 99.1 Å². The fourth-order valence-electron chi connectivity index (χ4n) is 10.2. The molecule has 0 aliphatic heterocycles. The molecule has 0 saturated heterocycles. The van der Waals surface area contributed by atoms with Crippen molar-refractivity contribution in [2.75, 3.05) is 6.61 Å². The van der Waals surface area contributed by atoms with Gasteiger partial charge in [0.2, 0.25) is 0 Å². The van der Waals surface area contributed by atoms with Crippen molar-refractivity contribution in [3.05, 3.63) is 0 Å². The summed E-state index contributed by atoms with van der Waals surface area (Å²) < 4.78 is 16.7. The fourth-order valence-corrected chi connectivity index (χ4v) is 10.2. The van der Waals surface area contributed by atoms with Gasteiger partial charge in [0.25, 0.3) is 0 Å². The summed E-state index contributed by atoms with van der Waals surface area (Å²) in [4.78, 5) is 35.1. The first kappa shape index (κ1) is 31.3. The molecule has 0 radical (unpaired) electrons. The van der Waals surface area contributed by atoms with Gasteiger partial charge in [-0.15, -0.1) is 0 Å². The summed E-state index contributed by atoms with van der Waals surface area (Å²) in [5.41, 5.74) is -1.32. The molecule has 7 heteroatoms. The van der Waals surface area contributed by atoms with Crippen LogP contribution >= 0.6 is 0 Å². The maximum absolute atomic E-state index is 12.3. The molecular weight excluding hydrogens is 508 g/mol. The minimum Gasteiger partial charge on any atom is -0.466 e. The molecule has 0 spiro atoms. The Hall–Kier alpha value is -1.63. The third kappa shape index (κ3) is 5.83. The summed E-state index contributed by atoms with van der Waals surface area (Å²) in [6.45, 7) is 14.2. The van der Waals surface area contributed by atoms with E-state index in [2.05, 4.69) is 27.7 Å². The molecule has 1 N–H and O–H groups in total. The van der Waals surface area contributed by atoms with Crippen molar-refractivity contribution in [1.82, 2.24) is 0 Å². The summed E-state index contributed by atoms with van der Waals surface area (Å²) in [5.74, 6) is 2.15. The van der Waals surface area contributed by atoms with E-state index in [1.54, 1.807) is 0 Å². The second-order valence-corrected chi connectivity index (χ2v) is 14.6. The lowest BCUT2D eigenvalue weighted by atomic mass is 9.42. The Labute approximate surface area is 241 Å². The summed E-state index contributed by atoms with van der Waals surface area (Å²) in [6.07, 6.45) is 9.74. The van der Waals surface area contributed by atoms with Gasteiger partial charge in [-0.2, -0.15) is 0 Å². The number of aliphatic hydroxyl groups is 1. The van der Waals surface area contributed by atoms with Crippen LogP contribution in [0, 0.1) is 46.3 Å². The largest absolute Gasteiger partial charge is 0.466 e. The van der Waals surface area contributed by atoms with Crippen molar-refractivity contribution in [3.63, 3.8) is 0 Å². The van der Waals surface area contributed by atoms with E-state index in [0.29, 0.717) is 55.0 Å². The number of ether oxygens (including phenoxy) is 3. The molecule has 0 heterocycles. The molecule has 0 amide bonds. The van der Waals surface area contributed by atoms with Gasteiger partial charge in [-0.25, -0.2) is 0 Å². The lowest BCUT2D eigenvalue weighted by Gasteiger charge is -2.65. The van der Waals surface area contributed by atoms with Crippen LogP contribution in [0.5, 0.6) is 0 Å². The molecule has 0 aromatic rings. The molecule has 4 saturated carbocycles. The molecule has 4 rings (SSSR count). The second kappa shape index (κ2) is 11.9. The molecule has 11 atom stereocenters. The van der Waals surface area contributed by atoms with E-state index in [0.717, 1.165) is 32.1 Å². The van der Waals surface area contributed by atoms with Crippen LogP contribution < -0.4 is 0 Å². The van der Waals surface area contributed by atoms with Crippen molar-refractivity contribution in [1.29, 1.82) is 0 Å². The van der Waals surface area contributed by atoms with Gasteiger partial charge in [-0.05, 0) is 92.3 Å². The predicted molar refractivity (Wildman–Crippen MR) is 152 cm³/mol. The quantitative estimate of drug-likeness (QED) is 0.262. The highest BCUT2D eigenvalue weighted by molar-refractivity contribution is 5.67. The van der Waals surface area contributed by atoms with Gasteiger partial charge in [0.05, 0.1) is 6.61 Å². The van der Waals surface area contributed by atoms with E-state index in [1.807, 2.05) is 0 Å². The average molecular weight is 563 g/mol. The Morgan fingerprint density at radius 2 is 1.57 bits per heavy atom. The van der Waals surface area contributed by atoms with Crippen molar-refractivity contribution in [2.45, 2.75) is 137 Å². The standard InChI is InChI=1S/C33H54O7/c1-20(19-38-22(3)34)9-8-10-21(2)27-11-12-28-26-17-30(40-24(5)36)33(37)18-25(39-23(4)35)13-16-32(33,7)29(26)14-15-31(27,28)6/h20-21,25-30,37H,8-19H2,1-7H3/t20?,21-,25+,26+,27-,28+,29+,30-,31-,32-,33+/m1/s1. The molecular formula is C33H54O7. The van der Waals surface area contributed by atoms with Crippen LogP contribution in [0.4, 0.5) is 0 Å². The molecule has 0 aromatic carbocycles. The summed E-state index contributed by atoms with van der Waals surface area (Å²) in [7, 11) is 0. The zero-order chi connectivity index (χ0) is 29.5. The van der Waals surface area contributed by atoms with Crippen molar-refractivity contribution < 1.29 is 33.7 Å². The molecule has 228 valence electrons. The minimum absolute atomic E-state index is 0.205. The molecule has 1 unspecified atom stereocenters. The van der Waals surface area contributed by atoms with E-state index >= 15 is 0 Å². The van der Waals surface area contributed by atoms with Gasteiger partial charge >= 0.3 is 17.9 Å². The highest BCUT2D eigenvalue weighted by Crippen LogP contribution is 2.69. The lowest BCUT2D eigenvalue weighted by molar-refractivity contribution is -0.271. The van der Waals surface area contributed by atoms with Gasteiger partial charge in [0.15, 0.2) is 0 Å². The van der Waals surface area contributed by atoms with Crippen molar-refractivity contribution in [2.24, 2.45) is 46.3 Å². The van der Waals surface area contributed by atoms with Gasteiger partial charge in [-0.3, -0.25) is 14.4 Å². The van der Waals surface area contributed by atoms with Crippen LogP contribution in [0.25, 0.3) is 0 Å². The Bertz CT molecular complexity index is 949. The van der Waals surface area contributed by atoms with E-state index < -0.39 is 11.7 Å². The Balaban J connectivity index is 1.48. The van der Waals surface area contributed by atoms with Gasteiger partial charge in [-0.1, -0.05) is 40.5 Å². The molecule has 4 fully saturated rings. The van der Waals surface area contributed by atoms with Crippen LogP contribution in [0.15, 0.2) is 0 Å². The Morgan fingerprint density at radius 3 is 2.23 bits per heavy atom. The highest BCUT2D eigenvalue weighted by Gasteiger charge is 2.68. The Kier molecular flexibility index (Phi) is 9.34. The van der Waals surface area contributed by atoms with E-state index in [1.165, 1.54) is 46.5 Å². The number of rotatable bonds is 9. The monoisotopic (exact) mass is 562 g/mol. The third-order valence-corrected chi connectivity index (χ3v) is 12.1. The first-order valence-corrected chi connectivity index (χ1v) is 15.9. The number of carbonyl (C=O) groups excluding carboxylic acids is 3. The SMILES string of the molecule is CC(=O)OCC(C)CCC[C@@H](C)[C@H]1CC[C@H]2[C@@H]3C[C@@H](OC(C)=O)[C@@]4(O)C[C@@H](OC(C)=O)CC[C@]4(C)[C@H]3CC[C@]12C. The fraction of sp³-hybridized carbons (Fsp3) is 0.909. The number of esters is 3.